The van der Waals surface area contributed by atoms with Crippen LogP contribution in [0.4, 0.5) is 0 Å². The van der Waals surface area contributed by atoms with Crippen molar-refractivity contribution in [1.29, 1.82) is 0 Å². The lowest BCUT2D eigenvalue weighted by Gasteiger charge is -2.10. The second kappa shape index (κ2) is 12.2. The van der Waals surface area contributed by atoms with Crippen LogP contribution in [0.25, 0.3) is 106 Å². The monoisotopic (exact) mass is 730 g/mol. The molecule has 0 aliphatic rings. The van der Waals surface area contributed by atoms with Crippen LogP contribution in [0.15, 0.2) is 158 Å². The van der Waals surface area contributed by atoms with Crippen LogP contribution < -0.4 is 0 Å². The molecule has 4 nitrogen and oxygen atoms in total. The minimum atomic E-state index is 0.649. The Labute approximate surface area is 316 Å². The predicted molar refractivity (Wildman–Crippen MR) is 226 cm³/mol. The number of thiazole rings is 1. The molecule has 0 saturated carbocycles. The molecule has 53 heavy (non-hydrogen) atoms. The maximum absolute atomic E-state index is 5.13. The minimum Gasteiger partial charge on any atom is -0.236 e. The highest BCUT2D eigenvalue weighted by Gasteiger charge is 2.17. The average molecular weight is 731 g/mol. The first-order valence-electron chi connectivity index (χ1n) is 17.4. The molecular formula is C46H26N4S3. The van der Waals surface area contributed by atoms with Crippen molar-refractivity contribution in [2.75, 3.05) is 0 Å². The molecule has 0 fully saturated rings. The summed E-state index contributed by atoms with van der Waals surface area (Å²) in [7, 11) is 0. The molecule has 248 valence electrons. The Morgan fingerprint density at radius 3 is 1.83 bits per heavy atom. The zero-order valence-corrected chi connectivity index (χ0v) is 30.5. The molecule has 4 aromatic heterocycles. The summed E-state index contributed by atoms with van der Waals surface area (Å²) in [6.45, 7) is 0. The van der Waals surface area contributed by atoms with Crippen molar-refractivity contribution >= 4 is 84.6 Å². The summed E-state index contributed by atoms with van der Waals surface area (Å²) in [6, 6.07) is 55.6. The number of aromatic nitrogens is 4. The van der Waals surface area contributed by atoms with Gasteiger partial charge < -0.3 is 0 Å². The van der Waals surface area contributed by atoms with Gasteiger partial charge in [0.05, 0.1) is 10.2 Å². The number of rotatable bonds is 5. The van der Waals surface area contributed by atoms with Gasteiger partial charge in [0.15, 0.2) is 17.5 Å². The van der Waals surface area contributed by atoms with Crippen LogP contribution in [0.2, 0.25) is 0 Å². The van der Waals surface area contributed by atoms with Crippen molar-refractivity contribution in [3.8, 4) is 55.9 Å². The van der Waals surface area contributed by atoms with E-state index in [2.05, 4.69) is 133 Å². The summed E-state index contributed by atoms with van der Waals surface area (Å²) in [4.78, 5) is 20.2. The molecule has 0 radical (unpaired) electrons. The molecule has 0 atom stereocenters. The fourth-order valence-electron chi connectivity index (χ4n) is 7.20. The molecule has 0 bridgehead atoms. The highest BCUT2D eigenvalue weighted by Crippen LogP contribution is 2.43. The molecule has 0 N–H and O–H groups in total. The maximum atomic E-state index is 5.13. The fraction of sp³-hybridized carbons (Fsp3) is 0. The second-order valence-corrected chi connectivity index (χ2v) is 16.2. The highest BCUT2D eigenvalue weighted by molar-refractivity contribution is 7.26. The van der Waals surface area contributed by atoms with Gasteiger partial charge in [-0.2, -0.15) is 0 Å². The number of benzene rings is 7. The van der Waals surface area contributed by atoms with Crippen LogP contribution in [-0.2, 0) is 0 Å². The number of hydrogen-bond donors (Lipinski definition) is 0. The number of nitrogens with zero attached hydrogens (tertiary/aromatic N) is 4. The lowest BCUT2D eigenvalue weighted by molar-refractivity contribution is 1.07. The Morgan fingerprint density at radius 2 is 0.962 bits per heavy atom. The Balaban J connectivity index is 1.03. The summed E-state index contributed by atoms with van der Waals surface area (Å²) >= 11 is 5.38. The molecule has 0 spiro atoms. The van der Waals surface area contributed by atoms with Crippen molar-refractivity contribution < 1.29 is 0 Å². The summed E-state index contributed by atoms with van der Waals surface area (Å²) < 4.78 is 6.23. The molecule has 0 unspecified atom stereocenters. The largest absolute Gasteiger partial charge is 0.236 e. The SMILES string of the molecule is c1ccc(-c2nc(-c3cccc(-c4cccc5c4sc4ccc(-c6nc7ccccc7s6)cc45)c3)nc(-c3ccc4c(c3)sc3ccccc34)n2)cc1. The molecule has 0 saturated heterocycles. The lowest BCUT2D eigenvalue weighted by Crippen LogP contribution is -2.00. The van der Waals surface area contributed by atoms with E-state index >= 15 is 0 Å². The van der Waals surface area contributed by atoms with Gasteiger partial charge in [0.2, 0.25) is 0 Å². The predicted octanol–water partition coefficient (Wildman–Crippen LogP) is 13.6. The first-order chi connectivity index (χ1) is 26.2. The zero-order valence-electron chi connectivity index (χ0n) is 28.0. The molecule has 7 heteroatoms. The van der Waals surface area contributed by atoms with Gasteiger partial charge in [-0.1, -0.05) is 115 Å². The van der Waals surface area contributed by atoms with E-state index in [0.717, 1.165) is 38.3 Å². The Morgan fingerprint density at radius 1 is 0.321 bits per heavy atom. The Bertz CT molecular complexity index is 3160. The molecule has 11 aromatic rings. The van der Waals surface area contributed by atoms with Crippen molar-refractivity contribution in [3.05, 3.63) is 158 Å². The molecule has 0 aliphatic heterocycles. The van der Waals surface area contributed by atoms with Gasteiger partial charge in [0.1, 0.15) is 5.01 Å². The van der Waals surface area contributed by atoms with E-state index < -0.39 is 0 Å². The maximum Gasteiger partial charge on any atom is 0.164 e. The van der Waals surface area contributed by atoms with Crippen LogP contribution in [-0.4, -0.2) is 19.9 Å². The fourth-order valence-corrected chi connectivity index (χ4v) is 10.5. The normalized spacial score (nSPS) is 11.8. The van der Waals surface area contributed by atoms with Crippen LogP contribution in [0.1, 0.15) is 0 Å². The number of fused-ring (bicyclic) bond motifs is 7. The Kier molecular flexibility index (Phi) is 7.05. The van der Waals surface area contributed by atoms with Gasteiger partial charge >= 0.3 is 0 Å². The van der Waals surface area contributed by atoms with E-state index in [0.29, 0.717) is 17.5 Å². The molecular weight excluding hydrogens is 705 g/mol. The molecule has 11 rings (SSSR count). The topological polar surface area (TPSA) is 51.6 Å². The van der Waals surface area contributed by atoms with Gasteiger partial charge in [-0.05, 0) is 53.6 Å². The lowest BCUT2D eigenvalue weighted by atomic mass is 10.00. The summed E-state index contributed by atoms with van der Waals surface area (Å²) in [5, 5.41) is 6.08. The van der Waals surface area contributed by atoms with E-state index in [1.54, 1.807) is 22.7 Å². The quantitative estimate of drug-likeness (QED) is 0.177. The minimum absolute atomic E-state index is 0.649. The van der Waals surface area contributed by atoms with E-state index in [1.807, 2.05) is 35.6 Å². The van der Waals surface area contributed by atoms with Gasteiger partial charge in [0, 0.05) is 62.6 Å². The summed E-state index contributed by atoms with van der Waals surface area (Å²) in [5.74, 6) is 1.97. The number of hydrogen-bond acceptors (Lipinski definition) is 7. The van der Waals surface area contributed by atoms with Crippen LogP contribution >= 0.6 is 34.0 Å². The van der Waals surface area contributed by atoms with E-state index in [9.17, 15) is 0 Å². The van der Waals surface area contributed by atoms with E-state index in [4.69, 9.17) is 19.9 Å². The van der Waals surface area contributed by atoms with Crippen LogP contribution in [0.5, 0.6) is 0 Å². The zero-order chi connectivity index (χ0) is 34.9. The number of thiophene rings is 2. The standard InChI is InChI=1S/C46H26N4S3/c1-2-10-27(11-3-1)43-48-44(50-45(49-43)30-20-22-34-33-14-4-6-18-38(33)51-41(34)26-30)29-13-8-12-28(24-29)32-15-9-16-35-36-25-31(21-23-39(36)52-42(32)35)46-47-37-17-5-7-19-40(37)53-46/h1-26H. The molecule has 4 heterocycles. The third-order valence-electron chi connectivity index (χ3n) is 9.77. The molecule has 0 amide bonds. The van der Waals surface area contributed by atoms with E-state index in [1.165, 1.54) is 50.6 Å². The smallest absolute Gasteiger partial charge is 0.164 e. The van der Waals surface area contributed by atoms with E-state index in [-0.39, 0.29) is 0 Å². The Hall–Kier alpha value is -6.12. The summed E-state index contributed by atoms with van der Waals surface area (Å²) in [5.41, 5.74) is 7.39. The van der Waals surface area contributed by atoms with Gasteiger partial charge in [-0.3, -0.25) is 0 Å². The first-order valence-corrected chi connectivity index (χ1v) is 19.8. The average Bonchev–Trinajstić information content (AvgIpc) is 3.94. The molecule has 7 aromatic carbocycles. The molecule has 0 aliphatic carbocycles. The van der Waals surface area contributed by atoms with Gasteiger partial charge in [0.25, 0.3) is 0 Å². The van der Waals surface area contributed by atoms with Crippen molar-refractivity contribution in [1.82, 2.24) is 19.9 Å². The van der Waals surface area contributed by atoms with Crippen molar-refractivity contribution in [2.24, 2.45) is 0 Å². The first kappa shape index (κ1) is 30.5. The third-order valence-corrected chi connectivity index (χ3v) is 13.2. The summed E-state index contributed by atoms with van der Waals surface area (Å²) in [6.07, 6.45) is 0. The highest BCUT2D eigenvalue weighted by atomic mass is 32.1. The third kappa shape index (κ3) is 5.24. The van der Waals surface area contributed by atoms with Gasteiger partial charge in [-0.25, -0.2) is 19.9 Å². The van der Waals surface area contributed by atoms with Crippen LogP contribution in [0, 0.1) is 0 Å². The van der Waals surface area contributed by atoms with Gasteiger partial charge in [-0.15, -0.1) is 34.0 Å². The second-order valence-electron chi connectivity index (χ2n) is 13.0. The number of para-hydroxylation sites is 1. The van der Waals surface area contributed by atoms with Crippen molar-refractivity contribution in [3.63, 3.8) is 0 Å². The van der Waals surface area contributed by atoms with Crippen LogP contribution in [0.3, 0.4) is 0 Å². The van der Waals surface area contributed by atoms with Crippen molar-refractivity contribution in [2.45, 2.75) is 0 Å².